The first-order valence-electron chi connectivity index (χ1n) is 9.48. The van der Waals surface area contributed by atoms with E-state index in [0.29, 0.717) is 0 Å². The Morgan fingerprint density at radius 1 is 0.600 bits per heavy atom. The zero-order valence-electron chi connectivity index (χ0n) is 15.3. The third kappa shape index (κ3) is 8.21. The zero-order valence-corrected chi connectivity index (χ0v) is 18.5. The van der Waals surface area contributed by atoms with Crippen molar-refractivity contribution in [3.8, 4) is 0 Å². The van der Waals surface area contributed by atoms with Crippen LogP contribution in [-0.4, -0.2) is 0 Å². The summed E-state index contributed by atoms with van der Waals surface area (Å²) in [6, 6.07) is 0. The monoisotopic (exact) mass is 414 g/mol. The molecule has 0 radical (unpaired) electrons. The molecule has 2 saturated carbocycles. The van der Waals surface area contributed by atoms with E-state index in [0.717, 1.165) is 24.7 Å². The van der Waals surface area contributed by atoms with E-state index in [1.54, 1.807) is 0 Å². The van der Waals surface area contributed by atoms with Crippen LogP contribution in [0.3, 0.4) is 0 Å². The summed E-state index contributed by atoms with van der Waals surface area (Å²) in [5, 5.41) is 0. The molecule has 0 N–H and O–H groups in total. The minimum absolute atomic E-state index is 0. The summed E-state index contributed by atoms with van der Waals surface area (Å²) >= 11 is 0. The fraction of sp³-hybridized carbons (Fsp3) is 0.636. The van der Waals surface area contributed by atoms with Gasteiger partial charge in [-0.1, -0.05) is 38.5 Å². The van der Waals surface area contributed by atoms with Gasteiger partial charge in [-0.2, -0.15) is 12.2 Å². The number of hydrogen-bond acceptors (Lipinski definition) is 0. The molecule has 0 unspecified atom stereocenters. The fourth-order valence-electron chi connectivity index (χ4n) is 4.23. The first-order valence-corrected chi connectivity index (χ1v) is 9.48. The van der Waals surface area contributed by atoms with E-state index in [9.17, 15) is 0 Å². The Morgan fingerprint density at radius 2 is 0.960 bits per heavy atom. The molecule has 3 heteroatoms. The Bertz CT molecular complexity index is 420. The van der Waals surface area contributed by atoms with Crippen LogP contribution >= 0.6 is 24.8 Å². The predicted molar refractivity (Wildman–Crippen MR) is 109 cm³/mol. The van der Waals surface area contributed by atoms with Gasteiger partial charge in [0.05, 0.1) is 0 Å². The molecule has 0 aliphatic heterocycles. The van der Waals surface area contributed by atoms with Crippen LogP contribution in [0.25, 0.3) is 0 Å². The summed E-state index contributed by atoms with van der Waals surface area (Å²) < 4.78 is 0. The SMILES string of the molecule is Cl.Cl.[C-]1=C(C2CCCCC2)C=CC1.[C-]1=C(C2CCCCC2)C=CC1.[Ti+2]. The quantitative estimate of drug-likeness (QED) is 0.327. The predicted octanol–water partition coefficient (Wildman–Crippen LogP) is 7.35. The fourth-order valence-corrected chi connectivity index (χ4v) is 4.23. The smallest absolute Gasteiger partial charge is 0.269 e. The molecule has 0 bridgehead atoms. The van der Waals surface area contributed by atoms with Gasteiger partial charge in [0.15, 0.2) is 0 Å². The second-order valence-corrected chi connectivity index (χ2v) is 7.15. The van der Waals surface area contributed by atoms with Crippen molar-refractivity contribution in [3.63, 3.8) is 0 Å². The van der Waals surface area contributed by atoms with Crippen molar-refractivity contribution >= 4 is 24.8 Å². The van der Waals surface area contributed by atoms with Crippen LogP contribution in [0.4, 0.5) is 0 Å². The summed E-state index contributed by atoms with van der Waals surface area (Å²) in [4.78, 5) is 0. The molecule has 25 heavy (non-hydrogen) atoms. The summed E-state index contributed by atoms with van der Waals surface area (Å²) in [5.74, 6) is 1.73. The maximum Gasteiger partial charge on any atom is 2.00 e. The van der Waals surface area contributed by atoms with Crippen molar-refractivity contribution in [3.05, 3.63) is 47.6 Å². The van der Waals surface area contributed by atoms with Gasteiger partial charge in [0.25, 0.3) is 0 Å². The third-order valence-electron chi connectivity index (χ3n) is 5.53. The molecule has 0 aromatic rings. The van der Waals surface area contributed by atoms with Crippen LogP contribution in [0.2, 0.25) is 0 Å². The van der Waals surface area contributed by atoms with Crippen LogP contribution in [0.15, 0.2) is 35.5 Å². The first kappa shape index (κ1) is 25.3. The second kappa shape index (κ2) is 14.3. The molecule has 0 heterocycles. The van der Waals surface area contributed by atoms with Crippen molar-refractivity contribution < 1.29 is 21.7 Å². The summed E-state index contributed by atoms with van der Waals surface area (Å²) in [7, 11) is 0. The number of allylic oxidation sites excluding steroid dienone is 8. The van der Waals surface area contributed by atoms with Crippen molar-refractivity contribution in [1.82, 2.24) is 0 Å². The topological polar surface area (TPSA) is 0 Å². The molecule has 0 aromatic carbocycles. The molecule has 0 aromatic heterocycles. The van der Waals surface area contributed by atoms with E-state index < -0.39 is 0 Å². The van der Waals surface area contributed by atoms with Gasteiger partial charge in [0, 0.05) is 0 Å². The largest absolute Gasteiger partial charge is 2.00 e. The molecular formula is C22H32Cl2Ti. The number of hydrogen-bond donors (Lipinski definition) is 0. The van der Waals surface area contributed by atoms with E-state index in [4.69, 9.17) is 0 Å². The number of rotatable bonds is 2. The van der Waals surface area contributed by atoms with Crippen LogP contribution in [0.1, 0.15) is 77.0 Å². The summed E-state index contributed by atoms with van der Waals surface area (Å²) in [5.41, 5.74) is 3.01. The van der Waals surface area contributed by atoms with Crippen LogP contribution in [0, 0.1) is 24.0 Å². The molecule has 0 nitrogen and oxygen atoms in total. The molecule has 0 atom stereocenters. The Labute approximate surface area is 182 Å². The average Bonchev–Trinajstić information content (AvgIpc) is 3.31. The summed E-state index contributed by atoms with van der Waals surface area (Å²) in [6.45, 7) is 0. The van der Waals surface area contributed by atoms with Gasteiger partial charge < -0.3 is 0 Å². The Morgan fingerprint density at radius 3 is 1.24 bits per heavy atom. The minimum atomic E-state index is 0. The Balaban J connectivity index is 0.000000411. The summed E-state index contributed by atoms with van der Waals surface area (Å²) in [6.07, 6.45) is 32.3. The van der Waals surface area contributed by atoms with Crippen LogP contribution < -0.4 is 0 Å². The van der Waals surface area contributed by atoms with E-state index in [2.05, 4.69) is 36.5 Å². The zero-order chi connectivity index (χ0) is 15.0. The second-order valence-electron chi connectivity index (χ2n) is 7.15. The van der Waals surface area contributed by atoms with Gasteiger partial charge >= 0.3 is 21.7 Å². The molecule has 0 saturated heterocycles. The minimum Gasteiger partial charge on any atom is -0.269 e. The molecule has 0 amide bonds. The van der Waals surface area contributed by atoms with Crippen molar-refractivity contribution in [1.29, 1.82) is 0 Å². The Hall–Kier alpha value is 0.254. The van der Waals surface area contributed by atoms with E-state index in [1.165, 1.54) is 75.4 Å². The van der Waals surface area contributed by atoms with Gasteiger partial charge in [-0.15, -0.1) is 37.7 Å². The van der Waals surface area contributed by atoms with E-state index in [-0.39, 0.29) is 46.5 Å². The Kier molecular flexibility index (Phi) is 14.5. The van der Waals surface area contributed by atoms with Crippen LogP contribution in [0.5, 0.6) is 0 Å². The first-order chi connectivity index (χ1) is 10.9. The standard InChI is InChI=1S/2C11H15.2ClH.Ti/c2*1-2-6-10(7-3-1)11-8-4-5-9-11;;;/h2*4,8,10H,1-3,5-7H2;2*1H;/q2*-1;;;+2. The van der Waals surface area contributed by atoms with Crippen molar-refractivity contribution in [2.24, 2.45) is 11.8 Å². The van der Waals surface area contributed by atoms with E-state index in [1.807, 2.05) is 0 Å². The third-order valence-corrected chi connectivity index (χ3v) is 5.53. The normalized spacial score (nSPS) is 22.6. The maximum atomic E-state index is 3.43. The molecule has 4 rings (SSSR count). The van der Waals surface area contributed by atoms with Crippen LogP contribution in [-0.2, 0) is 21.7 Å². The van der Waals surface area contributed by atoms with Gasteiger partial charge in [-0.25, -0.2) is 23.3 Å². The van der Waals surface area contributed by atoms with Gasteiger partial charge in [-0.05, 0) is 37.5 Å². The van der Waals surface area contributed by atoms with Crippen molar-refractivity contribution in [2.45, 2.75) is 77.0 Å². The molecule has 4 aliphatic rings. The number of halogens is 2. The molecule has 138 valence electrons. The maximum absolute atomic E-state index is 3.43. The molecule has 2 fully saturated rings. The van der Waals surface area contributed by atoms with Gasteiger partial charge in [0.2, 0.25) is 0 Å². The average molecular weight is 415 g/mol. The molecule has 0 spiro atoms. The van der Waals surface area contributed by atoms with Gasteiger partial charge in [0.1, 0.15) is 0 Å². The van der Waals surface area contributed by atoms with Gasteiger partial charge in [-0.3, -0.25) is 12.2 Å². The molecule has 4 aliphatic carbocycles. The van der Waals surface area contributed by atoms with Crippen molar-refractivity contribution in [2.75, 3.05) is 0 Å². The molecular weight excluding hydrogens is 383 g/mol. The van der Waals surface area contributed by atoms with E-state index >= 15 is 0 Å².